The summed E-state index contributed by atoms with van der Waals surface area (Å²) in [5.41, 5.74) is 0. The first kappa shape index (κ1) is 12.8. The monoisotopic (exact) mass is 208 g/mol. The Morgan fingerprint density at radius 3 is 2.40 bits per heavy atom. The van der Waals surface area contributed by atoms with Crippen molar-refractivity contribution in [2.24, 2.45) is 29.6 Å². The van der Waals surface area contributed by atoms with Gasteiger partial charge < -0.3 is 0 Å². The van der Waals surface area contributed by atoms with Crippen molar-refractivity contribution in [3.63, 3.8) is 0 Å². The second kappa shape index (κ2) is 5.72. The first-order chi connectivity index (χ1) is 7.06. The van der Waals surface area contributed by atoms with Gasteiger partial charge in [-0.15, -0.1) is 6.58 Å². The number of allylic oxidation sites excluding steroid dienone is 1. The van der Waals surface area contributed by atoms with E-state index < -0.39 is 0 Å². The van der Waals surface area contributed by atoms with Gasteiger partial charge in [0.05, 0.1) is 0 Å². The maximum Gasteiger partial charge on any atom is -0.0325 e. The molecule has 1 aliphatic carbocycles. The minimum atomic E-state index is 0.831. The van der Waals surface area contributed by atoms with Crippen LogP contribution >= 0.6 is 0 Å². The molecule has 0 amide bonds. The fraction of sp³-hybridized carbons (Fsp3) is 0.867. The molecular formula is C15H28. The van der Waals surface area contributed by atoms with Crippen LogP contribution in [0.4, 0.5) is 0 Å². The third-order valence-corrected chi connectivity index (χ3v) is 4.34. The lowest BCUT2D eigenvalue weighted by molar-refractivity contribution is 0.0998. The summed E-state index contributed by atoms with van der Waals surface area (Å²) in [6, 6.07) is 0. The van der Waals surface area contributed by atoms with Crippen molar-refractivity contribution in [2.75, 3.05) is 0 Å². The van der Waals surface area contributed by atoms with Crippen LogP contribution < -0.4 is 0 Å². The van der Waals surface area contributed by atoms with Gasteiger partial charge >= 0.3 is 0 Å². The lowest BCUT2D eigenvalue weighted by Gasteiger charge is -2.40. The van der Waals surface area contributed by atoms with Crippen molar-refractivity contribution >= 4 is 0 Å². The van der Waals surface area contributed by atoms with Crippen LogP contribution in [0, 0.1) is 29.6 Å². The van der Waals surface area contributed by atoms with Gasteiger partial charge in [0.25, 0.3) is 0 Å². The Morgan fingerprint density at radius 1 is 1.20 bits per heavy atom. The van der Waals surface area contributed by atoms with Crippen LogP contribution in [0.3, 0.4) is 0 Å². The van der Waals surface area contributed by atoms with E-state index in [1.54, 1.807) is 0 Å². The minimum Gasteiger partial charge on any atom is -0.103 e. The van der Waals surface area contributed by atoms with Crippen LogP contribution in [-0.2, 0) is 0 Å². The molecule has 1 rings (SSSR count). The summed E-state index contributed by atoms with van der Waals surface area (Å²) in [6.07, 6.45) is 7.63. The van der Waals surface area contributed by atoms with Gasteiger partial charge in [0.1, 0.15) is 0 Å². The molecule has 15 heavy (non-hydrogen) atoms. The molecule has 0 N–H and O–H groups in total. The van der Waals surface area contributed by atoms with Crippen LogP contribution in [0.5, 0.6) is 0 Å². The van der Waals surface area contributed by atoms with E-state index in [0.717, 1.165) is 29.6 Å². The number of hydrogen-bond acceptors (Lipinski definition) is 0. The van der Waals surface area contributed by atoms with Crippen LogP contribution in [0.15, 0.2) is 12.7 Å². The standard InChI is InChI=1S/C15H28/c1-6-7-13(5)15-10-12(4)8-9-14(15)11(2)3/h6,11-15H,1,7-10H2,2-5H3. The second-order valence-corrected chi connectivity index (χ2v) is 5.99. The van der Waals surface area contributed by atoms with E-state index in [1.807, 2.05) is 0 Å². The Bertz CT molecular complexity index is 192. The van der Waals surface area contributed by atoms with Gasteiger partial charge in [-0.3, -0.25) is 0 Å². The van der Waals surface area contributed by atoms with Crippen molar-refractivity contribution in [3.05, 3.63) is 12.7 Å². The van der Waals surface area contributed by atoms with Crippen molar-refractivity contribution in [3.8, 4) is 0 Å². The fourth-order valence-corrected chi connectivity index (χ4v) is 3.37. The normalized spacial score (nSPS) is 34.1. The first-order valence-electron chi connectivity index (χ1n) is 6.67. The molecule has 0 heteroatoms. The number of rotatable bonds is 4. The average molecular weight is 208 g/mol. The molecule has 0 aromatic rings. The molecular weight excluding hydrogens is 180 g/mol. The predicted molar refractivity (Wildman–Crippen MR) is 68.8 cm³/mol. The molecule has 0 saturated heterocycles. The topological polar surface area (TPSA) is 0 Å². The maximum atomic E-state index is 3.88. The van der Waals surface area contributed by atoms with E-state index in [9.17, 15) is 0 Å². The molecule has 1 saturated carbocycles. The summed E-state index contributed by atoms with van der Waals surface area (Å²) in [7, 11) is 0. The Morgan fingerprint density at radius 2 is 1.87 bits per heavy atom. The van der Waals surface area contributed by atoms with Crippen molar-refractivity contribution in [1.82, 2.24) is 0 Å². The summed E-state index contributed by atoms with van der Waals surface area (Å²) in [5, 5.41) is 0. The molecule has 0 bridgehead atoms. The fourth-order valence-electron chi connectivity index (χ4n) is 3.37. The van der Waals surface area contributed by atoms with E-state index in [4.69, 9.17) is 0 Å². The molecule has 4 unspecified atom stereocenters. The van der Waals surface area contributed by atoms with Gasteiger partial charge in [-0.05, 0) is 48.9 Å². The molecule has 1 fully saturated rings. The van der Waals surface area contributed by atoms with Gasteiger partial charge in [0.2, 0.25) is 0 Å². The molecule has 1 aliphatic rings. The highest BCUT2D eigenvalue weighted by Gasteiger charge is 2.33. The number of hydrogen-bond donors (Lipinski definition) is 0. The zero-order chi connectivity index (χ0) is 11.4. The summed E-state index contributed by atoms with van der Waals surface area (Å²) < 4.78 is 0. The molecule has 0 radical (unpaired) electrons. The van der Waals surface area contributed by atoms with Crippen LogP contribution in [0.2, 0.25) is 0 Å². The first-order valence-corrected chi connectivity index (χ1v) is 6.67. The molecule has 0 nitrogen and oxygen atoms in total. The highest BCUT2D eigenvalue weighted by atomic mass is 14.4. The minimum absolute atomic E-state index is 0.831. The van der Waals surface area contributed by atoms with E-state index in [2.05, 4.69) is 40.3 Å². The SMILES string of the molecule is C=CCC(C)C1CC(C)CCC1C(C)C. The second-order valence-electron chi connectivity index (χ2n) is 5.99. The quantitative estimate of drug-likeness (QED) is 0.576. The Hall–Kier alpha value is -0.260. The molecule has 0 heterocycles. The zero-order valence-corrected chi connectivity index (χ0v) is 11.0. The van der Waals surface area contributed by atoms with Gasteiger partial charge in [0.15, 0.2) is 0 Å². The van der Waals surface area contributed by atoms with Crippen molar-refractivity contribution in [2.45, 2.75) is 53.4 Å². The van der Waals surface area contributed by atoms with Crippen LogP contribution in [0.1, 0.15) is 53.4 Å². The molecule has 0 spiro atoms. The van der Waals surface area contributed by atoms with Crippen LogP contribution in [-0.4, -0.2) is 0 Å². The lowest BCUT2D eigenvalue weighted by atomic mass is 9.65. The smallest absolute Gasteiger partial charge is 0.0325 e. The summed E-state index contributed by atoms with van der Waals surface area (Å²) in [5.74, 6) is 4.52. The van der Waals surface area contributed by atoms with Gasteiger partial charge in [-0.2, -0.15) is 0 Å². The Labute approximate surface area is 96.2 Å². The third kappa shape index (κ3) is 3.36. The predicted octanol–water partition coefficient (Wildman–Crippen LogP) is 4.91. The average Bonchev–Trinajstić information content (AvgIpc) is 2.17. The van der Waals surface area contributed by atoms with Gasteiger partial charge in [0, 0.05) is 0 Å². The molecule has 88 valence electrons. The third-order valence-electron chi connectivity index (χ3n) is 4.34. The maximum absolute atomic E-state index is 3.88. The lowest BCUT2D eigenvalue weighted by Crippen LogP contribution is -2.31. The highest BCUT2D eigenvalue weighted by molar-refractivity contribution is 4.86. The van der Waals surface area contributed by atoms with E-state index in [0.29, 0.717) is 0 Å². The molecule has 0 aliphatic heterocycles. The van der Waals surface area contributed by atoms with Crippen molar-refractivity contribution in [1.29, 1.82) is 0 Å². The molecule has 4 atom stereocenters. The Kier molecular flexibility index (Phi) is 4.89. The summed E-state index contributed by atoms with van der Waals surface area (Å²) >= 11 is 0. The Balaban J connectivity index is 2.64. The van der Waals surface area contributed by atoms with Gasteiger partial charge in [-0.25, -0.2) is 0 Å². The van der Waals surface area contributed by atoms with Crippen LogP contribution in [0.25, 0.3) is 0 Å². The summed E-state index contributed by atoms with van der Waals surface area (Å²) in [6.45, 7) is 13.5. The van der Waals surface area contributed by atoms with E-state index in [1.165, 1.54) is 25.7 Å². The largest absolute Gasteiger partial charge is 0.103 e. The highest BCUT2D eigenvalue weighted by Crippen LogP contribution is 2.42. The van der Waals surface area contributed by atoms with Gasteiger partial charge in [-0.1, -0.05) is 40.2 Å². The zero-order valence-electron chi connectivity index (χ0n) is 11.0. The van der Waals surface area contributed by atoms with E-state index >= 15 is 0 Å². The molecule has 0 aromatic carbocycles. The molecule has 0 aromatic heterocycles. The van der Waals surface area contributed by atoms with E-state index in [-0.39, 0.29) is 0 Å². The van der Waals surface area contributed by atoms with Crippen molar-refractivity contribution < 1.29 is 0 Å². The summed E-state index contributed by atoms with van der Waals surface area (Å²) in [4.78, 5) is 0.